The van der Waals surface area contributed by atoms with Gasteiger partial charge in [-0.2, -0.15) is 0 Å². The van der Waals surface area contributed by atoms with Crippen molar-refractivity contribution >= 4 is 0 Å². The van der Waals surface area contributed by atoms with Gasteiger partial charge in [0.05, 0.1) is 0 Å². The summed E-state index contributed by atoms with van der Waals surface area (Å²) in [6.07, 6.45) is 11.7. The molecule has 1 rings (SSSR count). The fraction of sp³-hybridized carbons (Fsp3) is 0.111. The highest BCUT2D eigenvalue weighted by Gasteiger charge is 1.89. The van der Waals surface area contributed by atoms with E-state index in [1.165, 1.54) is 0 Å². The van der Waals surface area contributed by atoms with Crippen LogP contribution in [0, 0.1) is 0 Å². The highest BCUT2D eigenvalue weighted by molar-refractivity contribution is 5.35. The van der Waals surface area contributed by atoms with Crippen LogP contribution in [-0.4, -0.2) is 0 Å². The van der Waals surface area contributed by atoms with Crippen LogP contribution in [0.2, 0.25) is 0 Å². The fourth-order valence-electron chi connectivity index (χ4n) is 0.715. The number of hydrogen-bond donors (Lipinski definition) is 1. The molecule has 0 radical (unpaired) electrons. The van der Waals surface area contributed by atoms with Crippen molar-refractivity contribution in [3.05, 3.63) is 47.7 Å². The Morgan fingerprint density at radius 1 is 1.00 bits per heavy atom. The predicted molar refractivity (Wildman–Crippen MR) is 44.3 cm³/mol. The van der Waals surface area contributed by atoms with E-state index >= 15 is 0 Å². The van der Waals surface area contributed by atoms with E-state index in [1.54, 1.807) is 0 Å². The summed E-state index contributed by atoms with van der Waals surface area (Å²) in [4.78, 5) is 0. The molecule has 0 amide bonds. The average Bonchev–Trinajstić information content (AvgIpc) is 1.92. The van der Waals surface area contributed by atoms with Crippen LogP contribution in [-0.2, 0) is 0 Å². The number of rotatable bonds is 0. The molecule has 2 N–H and O–H groups in total. The zero-order chi connectivity index (χ0) is 7.40. The molecule has 1 aliphatic rings. The van der Waals surface area contributed by atoms with Gasteiger partial charge in [-0.15, -0.1) is 0 Å². The van der Waals surface area contributed by atoms with E-state index in [1.807, 2.05) is 43.4 Å². The van der Waals surface area contributed by atoms with Gasteiger partial charge in [0.15, 0.2) is 0 Å². The molecule has 0 saturated heterocycles. The number of nitrogens with two attached hydrogens (primary N) is 1. The molecule has 0 bridgehead atoms. The normalized spacial score (nSPS) is 34.1. The van der Waals surface area contributed by atoms with Crippen LogP contribution < -0.4 is 5.73 Å². The lowest BCUT2D eigenvalue weighted by atomic mass is 10.1. The molecule has 0 aromatic rings. The van der Waals surface area contributed by atoms with Gasteiger partial charge in [-0.25, -0.2) is 0 Å². The molecule has 0 atom stereocenters. The zero-order valence-electron chi connectivity index (χ0n) is 6.04. The molecule has 0 aromatic heterocycles. The summed E-state index contributed by atoms with van der Waals surface area (Å²) < 4.78 is 0. The minimum atomic E-state index is 0.834. The third-order valence-corrected chi connectivity index (χ3v) is 1.41. The van der Waals surface area contributed by atoms with E-state index in [0.29, 0.717) is 0 Å². The summed E-state index contributed by atoms with van der Waals surface area (Å²) in [5.74, 6) is 0. The molecule has 0 heterocycles. The van der Waals surface area contributed by atoms with E-state index in [2.05, 4.69) is 0 Å². The maximum Gasteiger partial charge on any atom is 0.0343 e. The van der Waals surface area contributed by atoms with Crippen molar-refractivity contribution in [3.8, 4) is 0 Å². The molecule has 52 valence electrons. The van der Waals surface area contributed by atoms with Crippen LogP contribution in [0.15, 0.2) is 47.7 Å². The topological polar surface area (TPSA) is 26.0 Å². The third-order valence-electron chi connectivity index (χ3n) is 1.41. The lowest BCUT2D eigenvalue weighted by Crippen LogP contribution is -1.97. The first-order valence-electron chi connectivity index (χ1n) is 3.28. The summed E-state index contributed by atoms with van der Waals surface area (Å²) in [6, 6.07) is 0. The second-order valence-corrected chi connectivity index (χ2v) is 2.24. The van der Waals surface area contributed by atoms with Crippen LogP contribution in [0.3, 0.4) is 0 Å². The van der Waals surface area contributed by atoms with Gasteiger partial charge >= 0.3 is 0 Å². The van der Waals surface area contributed by atoms with E-state index in [-0.39, 0.29) is 0 Å². The van der Waals surface area contributed by atoms with Gasteiger partial charge in [-0.3, -0.25) is 0 Å². The molecule has 10 heavy (non-hydrogen) atoms. The predicted octanol–water partition coefficient (Wildman–Crippen LogP) is 1.90. The van der Waals surface area contributed by atoms with Gasteiger partial charge in [0.1, 0.15) is 0 Å². The first-order chi connectivity index (χ1) is 4.80. The van der Waals surface area contributed by atoms with Crippen molar-refractivity contribution in [2.45, 2.75) is 6.92 Å². The molecule has 0 aromatic carbocycles. The molecule has 0 saturated carbocycles. The minimum absolute atomic E-state index is 0.834. The quantitative estimate of drug-likeness (QED) is 0.536. The maximum absolute atomic E-state index is 5.66. The second-order valence-electron chi connectivity index (χ2n) is 2.24. The van der Waals surface area contributed by atoms with Crippen molar-refractivity contribution in [1.29, 1.82) is 0 Å². The minimum Gasteiger partial charge on any atom is -0.399 e. The highest BCUT2D eigenvalue weighted by Crippen LogP contribution is 2.04. The Bertz CT molecular complexity index is 203. The molecular formula is C9H11N. The lowest BCUT2D eigenvalue weighted by molar-refractivity contribution is 1.29. The largest absolute Gasteiger partial charge is 0.399 e. The summed E-state index contributed by atoms with van der Waals surface area (Å²) in [7, 11) is 0. The van der Waals surface area contributed by atoms with Gasteiger partial charge in [0.25, 0.3) is 0 Å². The summed E-state index contributed by atoms with van der Waals surface area (Å²) >= 11 is 0. The molecule has 1 nitrogen and oxygen atoms in total. The summed E-state index contributed by atoms with van der Waals surface area (Å²) in [5, 5.41) is 0. The second kappa shape index (κ2) is 3.06. The average molecular weight is 133 g/mol. The molecule has 0 unspecified atom stereocenters. The fourth-order valence-corrected chi connectivity index (χ4v) is 0.715. The molecule has 0 aliphatic heterocycles. The first-order valence-corrected chi connectivity index (χ1v) is 3.28. The van der Waals surface area contributed by atoms with E-state index < -0.39 is 0 Å². The Kier molecular flexibility index (Phi) is 2.11. The van der Waals surface area contributed by atoms with Gasteiger partial charge in [0, 0.05) is 5.70 Å². The Morgan fingerprint density at radius 3 is 2.30 bits per heavy atom. The summed E-state index contributed by atoms with van der Waals surface area (Å²) in [6.45, 7) is 2.00. The Labute approximate surface area is 61.2 Å². The SMILES string of the molecule is CC1=C/C=C\C=C/C=C\1N. The van der Waals surface area contributed by atoms with Crippen molar-refractivity contribution in [3.63, 3.8) is 0 Å². The van der Waals surface area contributed by atoms with Gasteiger partial charge < -0.3 is 5.73 Å². The van der Waals surface area contributed by atoms with Gasteiger partial charge in [-0.05, 0) is 18.6 Å². The van der Waals surface area contributed by atoms with Crippen molar-refractivity contribution < 1.29 is 0 Å². The standard InChI is InChI=1S/C9H11N/c1-8-6-4-2-3-5-7-9(8)10/h2-7H,10H2,1H3/b3-2?,4-2-,5-3-,6-4?,7-5?,8-6-,9-7+,9-8?. The monoisotopic (exact) mass is 133 g/mol. The number of allylic oxidation sites excluding steroid dienone is 7. The zero-order valence-corrected chi connectivity index (χ0v) is 6.04. The Balaban J connectivity index is 2.91. The van der Waals surface area contributed by atoms with Crippen LogP contribution in [0.4, 0.5) is 0 Å². The van der Waals surface area contributed by atoms with Gasteiger partial charge in [-0.1, -0.05) is 30.4 Å². The lowest BCUT2D eigenvalue weighted by Gasteiger charge is -1.98. The van der Waals surface area contributed by atoms with Crippen molar-refractivity contribution in [2.24, 2.45) is 5.73 Å². The van der Waals surface area contributed by atoms with Crippen molar-refractivity contribution in [1.82, 2.24) is 0 Å². The van der Waals surface area contributed by atoms with Crippen molar-refractivity contribution in [2.75, 3.05) is 0 Å². The van der Waals surface area contributed by atoms with Crippen LogP contribution in [0.1, 0.15) is 6.92 Å². The Morgan fingerprint density at radius 2 is 1.60 bits per heavy atom. The first kappa shape index (κ1) is 6.87. The molecular weight excluding hydrogens is 122 g/mol. The maximum atomic E-state index is 5.66. The number of hydrogen-bond acceptors (Lipinski definition) is 1. The molecule has 0 spiro atoms. The molecule has 0 fully saturated rings. The van der Waals surface area contributed by atoms with E-state index in [4.69, 9.17) is 5.73 Å². The third kappa shape index (κ3) is 1.62. The van der Waals surface area contributed by atoms with E-state index in [9.17, 15) is 0 Å². The summed E-state index contributed by atoms with van der Waals surface area (Å²) in [5.41, 5.74) is 7.60. The van der Waals surface area contributed by atoms with Gasteiger partial charge in [0.2, 0.25) is 0 Å². The van der Waals surface area contributed by atoms with Crippen LogP contribution in [0.5, 0.6) is 0 Å². The smallest absolute Gasteiger partial charge is 0.0343 e. The molecule has 1 heteroatoms. The molecule has 1 aliphatic carbocycles. The van der Waals surface area contributed by atoms with Crippen LogP contribution >= 0.6 is 0 Å². The van der Waals surface area contributed by atoms with Crippen LogP contribution in [0.25, 0.3) is 0 Å². The highest BCUT2D eigenvalue weighted by atomic mass is 14.6. The Hall–Kier alpha value is -1.24. The van der Waals surface area contributed by atoms with E-state index in [0.717, 1.165) is 11.3 Å².